The Kier molecular flexibility index (Phi) is 7.66. The van der Waals surface area contributed by atoms with Gasteiger partial charge in [0.05, 0.1) is 54.3 Å². The summed E-state index contributed by atoms with van der Waals surface area (Å²) in [6, 6.07) is 11.8. The van der Waals surface area contributed by atoms with Gasteiger partial charge < -0.3 is 19.5 Å². The fourth-order valence-corrected chi connectivity index (χ4v) is 4.44. The Labute approximate surface area is 199 Å². The minimum Gasteiger partial charge on any atom is -0.495 e. The molecule has 1 aromatic heterocycles. The number of anilines is 1. The van der Waals surface area contributed by atoms with Gasteiger partial charge in [0.1, 0.15) is 5.75 Å². The van der Waals surface area contributed by atoms with Crippen molar-refractivity contribution >= 4 is 28.2 Å². The molecule has 4 rings (SSSR count). The third-order valence-electron chi connectivity index (χ3n) is 5.91. The van der Waals surface area contributed by atoms with Gasteiger partial charge in [-0.2, -0.15) is 5.26 Å². The maximum absolute atomic E-state index is 9.57. The van der Waals surface area contributed by atoms with Crippen LogP contribution in [0, 0.1) is 11.3 Å². The number of nitriles is 1. The average molecular weight is 466 g/mol. The number of nitrogens with one attached hydrogen (secondary N) is 1. The predicted octanol–water partition coefficient (Wildman–Crippen LogP) is 5.64. The minimum absolute atomic E-state index is 0.160. The predicted molar refractivity (Wildman–Crippen MR) is 130 cm³/mol. The van der Waals surface area contributed by atoms with Gasteiger partial charge in [0, 0.05) is 30.3 Å². The van der Waals surface area contributed by atoms with Crippen molar-refractivity contribution in [2.24, 2.45) is 0 Å². The molecule has 2 aromatic carbocycles. The van der Waals surface area contributed by atoms with Crippen LogP contribution in [-0.4, -0.2) is 31.4 Å². The van der Waals surface area contributed by atoms with E-state index in [1.807, 2.05) is 36.5 Å². The number of hydrogen-bond donors (Lipinski definition) is 1. The summed E-state index contributed by atoms with van der Waals surface area (Å²) >= 11 is 6.32. The molecule has 7 heteroatoms. The van der Waals surface area contributed by atoms with Gasteiger partial charge in [0.15, 0.2) is 0 Å². The lowest BCUT2D eigenvalue weighted by molar-refractivity contribution is 0.0107. The van der Waals surface area contributed by atoms with E-state index in [1.165, 1.54) is 0 Å². The highest BCUT2D eigenvalue weighted by molar-refractivity contribution is 6.32. The van der Waals surface area contributed by atoms with Gasteiger partial charge in [-0.05, 0) is 54.7 Å². The highest BCUT2D eigenvalue weighted by Crippen LogP contribution is 2.32. The number of rotatable bonds is 9. The van der Waals surface area contributed by atoms with Crippen LogP contribution in [0.5, 0.6) is 5.75 Å². The molecule has 172 valence electrons. The number of halogens is 1. The van der Waals surface area contributed by atoms with Crippen molar-refractivity contribution in [3.63, 3.8) is 0 Å². The largest absolute Gasteiger partial charge is 0.495 e. The van der Waals surface area contributed by atoms with Crippen LogP contribution < -0.4 is 10.1 Å². The van der Waals surface area contributed by atoms with Crippen LogP contribution in [0.4, 0.5) is 5.69 Å². The molecule has 1 aliphatic rings. The first-order chi connectivity index (χ1) is 16.1. The highest BCUT2D eigenvalue weighted by atomic mass is 35.5. The molecule has 0 aliphatic carbocycles. The molecule has 1 unspecified atom stereocenters. The zero-order chi connectivity index (χ0) is 23.2. The van der Waals surface area contributed by atoms with Crippen LogP contribution in [0.1, 0.15) is 42.0 Å². The lowest BCUT2D eigenvalue weighted by Crippen LogP contribution is -2.14. The molecule has 1 saturated heterocycles. The number of hydrogen-bond acceptors (Lipinski definition) is 6. The van der Waals surface area contributed by atoms with Gasteiger partial charge in [-0.1, -0.05) is 24.6 Å². The summed E-state index contributed by atoms with van der Waals surface area (Å²) in [7, 11) is 1.60. The second kappa shape index (κ2) is 10.8. The van der Waals surface area contributed by atoms with E-state index in [0.29, 0.717) is 36.1 Å². The Bertz CT molecular complexity index is 1170. The fourth-order valence-electron chi connectivity index (χ4n) is 4.16. The standard InChI is InChI=1S/C26H28ClN3O3/c1-3-19-9-18(12-28)10-22-25(19)30-14-20(15-32-16-21-5-4-8-33-21)26(22)29-13-17-6-7-24(31-2)23(27)11-17/h6-7,9-11,14,21H,3-5,8,13,15-16H2,1-2H3,(H,29,30). The monoisotopic (exact) mass is 465 g/mol. The van der Waals surface area contributed by atoms with Crippen LogP contribution >= 0.6 is 11.6 Å². The third kappa shape index (κ3) is 5.39. The molecule has 1 fully saturated rings. The van der Waals surface area contributed by atoms with E-state index < -0.39 is 0 Å². The molecule has 1 N–H and O–H groups in total. The SMILES string of the molecule is CCc1cc(C#N)cc2c(NCc3ccc(OC)c(Cl)c3)c(COCC3CCCO3)cnc12. The molecule has 6 nitrogen and oxygen atoms in total. The molecule has 0 amide bonds. The second-order valence-corrected chi connectivity index (χ2v) is 8.54. The Hall–Kier alpha value is -2.85. The van der Waals surface area contributed by atoms with Gasteiger partial charge in [0.2, 0.25) is 0 Å². The molecular weight excluding hydrogens is 438 g/mol. The average Bonchev–Trinajstić information content (AvgIpc) is 3.36. The maximum atomic E-state index is 9.57. The second-order valence-electron chi connectivity index (χ2n) is 8.13. The van der Waals surface area contributed by atoms with E-state index >= 15 is 0 Å². The number of ether oxygens (including phenoxy) is 3. The summed E-state index contributed by atoms with van der Waals surface area (Å²) in [4.78, 5) is 4.73. The summed E-state index contributed by atoms with van der Waals surface area (Å²) in [5.74, 6) is 0.643. The van der Waals surface area contributed by atoms with Gasteiger partial charge in [0.25, 0.3) is 0 Å². The zero-order valence-corrected chi connectivity index (χ0v) is 19.7. The molecule has 3 aromatic rings. The molecule has 1 atom stereocenters. The van der Waals surface area contributed by atoms with Gasteiger partial charge in [-0.25, -0.2) is 0 Å². The highest BCUT2D eigenvalue weighted by Gasteiger charge is 2.17. The number of nitrogens with zero attached hydrogens (tertiary/aromatic N) is 2. The van der Waals surface area contributed by atoms with E-state index in [1.54, 1.807) is 7.11 Å². The number of aryl methyl sites for hydroxylation is 1. The molecule has 0 saturated carbocycles. The number of benzene rings is 2. The maximum Gasteiger partial charge on any atom is 0.137 e. The van der Waals surface area contributed by atoms with Crippen LogP contribution in [0.2, 0.25) is 5.02 Å². The molecule has 0 radical (unpaired) electrons. The smallest absolute Gasteiger partial charge is 0.137 e. The first-order valence-corrected chi connectivity index (χ1v) is 11.6. The van der Waals surface area contributed by atoms with Crippen LogP contribution in [0.3, 0.4) is 0 Å². The Balaban J connectivity index is 1.65. The molecule has 1 aliphatic heterocycles. The number of aromatic nitrogens is 1. The first kappa shape index (κ1) is 23.3. The van der Waals surface area contributed by atoms with Crippen LogP contribution in [0.15, 0.2) is 36.5 Å². The molecular formula is C26H28ClN3O3. The van der Waals surface area contributed by atoms with Crippen molar-refractivity contribution < 1.29 is 14.2 Å². The van der Waals surface area contributed by atoms with Gasteiger partial charge in [-0.3, -0.25) is 4.98 Å². The van der Waals surface area contributed by atoms with Crippen molar-refractivity contribution in [3.8, 4) is 11.8 Å². The summed E-state index contributed by atoms with van der Waals surface area (Å²) in [6.45, 7) is 4.40. The number of fused-ring (bicyclic) bond motifs is 1. The summed E-state index contributed by atoms with van der Waals surface area (Å²) < 4.78 is 16.9. The minimum atomic E-state index is 0.160. The van der Waals surface area contributed by atoms with Crippen molar-refractivity contribution in [2.45, 2.75) is 45.4 Å². The summed E-state index contributed by atoms with van der Waals surface area (Å²) in [5, 5.41) is 14.6. The topological polar surface area (TPSA) is 76.4 Å². The van der Waals surface area contributed by atoms with Crippen molar-refractivity contribution in [3.05, 3.63) is 63.8 Å². The van der Waals surface area contributed by atoms with E-state index in [2.05, 4.69) is 18.3 Å². The van der Waals surface area contributed by atoms with Crippen molar-refractivity contribution in [1.29, 1.82) is 5.26 Å². The third-order valence-corrected chi connectivity index (χ3v) is 6.20. The van der Waals surface area contributed by atoms with Gasteiger partial charge >= 0.3 is 0 Å². The molecule has 33 heavy (non-hydrogen) atoms. The lowest BCUT2D eigenvalue weighted by Gasteiger charge is -2.18. The normalized spacial score (nSPS) is 15.5. The fraction of sp³-hybridized carbons (Fsp3) is 0.385. The van der Waals surface area contributed by atoms with Crippen LogP contribution in [-0.2, 0) is 29.0 Å². The first-order valence-electron chi connectivity index (χ1n) is 11.2. The lowest BCUT2D eigenvalue weighted by atomic mass is 10.0. The molecule has 0 spiro atoms. The Morgan fingerprint density at radius 3 is 2.85 bits per heavy atom. The summed E-state index contributed by atoms with van der Waals surface area (Å²) in [6.07, 6.45) is 4.94. The number of methoxy groups -OCH3 is 1. The van der Waals surface area contributed by atoms with Crippen LogP contribution in [0.25, 0.3) is 10.9 Å². The van der Waals surface area contributed by atoms with Gasteiger partial charge in [-0.15, -0.1) is 0 Å². The van der Waals surface area contributed by atoms with E-state index in [0.717, 1.165) is 59.2 Å². The quantitative estimate of drug-likeness (QED) is 0.440. The molecule has 0 bridgehead atoms. The molecule has 2 heterocycles. The van der Waals surface area contributed by atoms with Crippen molar-refractivity contribution in [2.75, 3.05) is 25.6 Å². The van der Waals surface area contributed by atoms with Crippen molar-refractivity contribution in [1.82, 2.24) is 4.98 Å². The Morgan fingerprint density at radius 2 is 2.15 bits per heavy atom. The zero-order valence-electron chi connectivity index (χ0n) is 19.0. The summed E-state index contributed by atoms with van der Waals surface area (Å²) in [5.41, 5.74) is 5.45. The number of pyridine rings is 1. The van der Waals surface area contributed by atoms with E-state index in [-0.39, 0.29) is 6.10 Å². The van der Waals surface area contributed by atoms with E-state index in [9.17, 15) is 5.26 Å². The Morgan fingerprint density at radius 1 is 1.27 bits per heavy atom. The van der Waals surface area contributed by atoms with E-state index in [4.69, 9.17) is 30.8 Å².